The zero-order valence-electron chi connectivity index (χ0n) is 14.4. The Morgan fingerprint density at radius 1 is 1.08 bits per heavy atom. The van der Waals surface area contributed by atoms with Gasteiger partial charge in [-0.3, -0.25) is 4.79 Å². The Morgan fingerprint density at radius 3 is 2.52 bits per heavy atom. The van der Waals surface area contributed by atoms with E-state index in [1.54, 1.807) is 19.2 Å². The smallest absolute Gasteiger partial charge is 0.258 e. The molecule has 0 atom stereocenters. The van der Waals surface area contributed by atoms with E-state index >= 15 is 0 Å². The first kappa shape index (κ1) is 19.1. The molecule has 5 nitrogen and oxygen atoms in total. The molecule has 1 N–H and O–H groups in total. The maximum atomic E-state index is 11.9. The van der Waals surface area contributed by atoms with Gasteiger partial charge in [0.25, 0.3) is 5.91 Å². The second kappa shape index (κ2) is 9.93. The molecule has 0 saturated heterocycles. The molecule has 0 fully saturated rings. The largest absolute Gasteiger partial charge is 0.493 e. The molecule has 0 spiro atoms. The number of benzene rings is 2. The van der Waals surface area contributed by atoms with E-state index in [-0.39, 0.29) is 12.5 Å². The Morgan fingerprint density at radius 2 is 1.84 bits per heavy atom. The molecule has 0 bridgehead atoms. The van der Waals surface area contributed by atoms with Crippen molar-refractivity contribution in [1.82, 2.24) is 5.32 Å². The second-order valence-corrected chi connectivity index (χ2v) is 6.27. The Balaban J connectivity index is 1.83. The third-order valence-electron chi connectivity index (χ3n) is 3.36. The van der Waals surface area contributed by atoms with Crippen molar-refractivity contribution in [1.29, 1.82) is 0 Å². The Kier molecular flexibility index (Phi) is 7.60. The molecule has 6 heteroatoms. The third-order valence-corrected chi connectivity index (χ3v) is 3.89. The Labute approximate surface area is 156 Å². The van der Waals surface area contributed by atoms with Gasteiger partial charge < -0.3 is 19.5 Å². The summed E-state index contributed by atoms with van der Waals surface area (Å²) in [6, 6.07) is 13.0. The molecule has 1 amide bonds. The summed E-state index contributed by atoms with van der Waals surface area (Å²) in [5.74, 6) is 1.83. The van der Waals surface area contributed by atoms with Crippen LogP contribution in [-0.4, -0.2) is 26.2 Å². The molecule has 25 heavy (non-hydrogen) atoms. The fourth-order valence-corrected chi connectivity index (χ4v) is 2.35. The van der Waals surface area contributed by atoms with Crippen molar-refractivity contribution in [3.8, 4) is 17.2 Å². The summed E-state index contributed by atoms with van der Waals surface area (Å²) in [7, 11) is 1.60. The minimum atomic E-state index is -0.187. The molecule has 0 aliphatic rings. The average molecular weight is 408 g/mol. The summed E-state index contributed by atoms with van der Waals surface area (Å²) >= 11 is 3.35. The lowest BCUT2D eigenvalue weighted by molar-refractivity contribution is -0.123. The van der Waals surface area contributed by atoms with Crippen LogP contribution in [0.5, 0.6) is 17.2 Å². The van der Waals surface area contributed by atoms with E-state index in [9.17, 15) is 4.79 Å². The van der Waals surface area contributed by atoms with E-state index in [1.165, 1.54) is 0 Å². The van der Waals surface area contributed by atoms with Crippen LogP contribution in [0.4, 0.5) is 0 Å². The molecular weight excluding hydrogens is 386 g/mol. The number of carbonyl (C=O) groups is 1. The topological polar surface area (TPSA) is 56.8 Å². The molecule has 0 heterocycles. The van der Waals surface area contributed by atoms with Crippen LogP contribution in [0.2, 0.25) is 0 Å². The number of carbonyl (C=O) groups excluding carboxylic acids is 1. The van der Waals surface area contributed by atoms with Crippen molar-refractivity contribution in [3.05, 3.63) is 52.5 Å². The van der Waals surface area contributed by atoms with Gasteiger partial charge in [-0.1, -0.05) is 28.9 Å². The highest BCUT2D eigenvalue weighted by atomic mass is 79.9. The highest BCUT2D eigenvalue weighted by molar-refractivity contribution is 9.10. The highest BCUT2D eigenvalue weighted by Crippen LogP contribution is 2.28. The SMILES string of the molecule is CCCOc1ccc(CNC(=O)COc2ccc(Br)cc2)cc1OC. The second-order valence-electron chi connectivity index (χ2n) is 5.35. The van der Waals surface area contributed by atoms with Gasteiger partial charge in [0, 0.05) is 11.0 Å². The van der Waals surface area contributed by atoms with Gasteiger partial charge in [-0.15, -0.1) is 0 Å². The van der Waals surface area contributed by atoms with Crippen LogP contribution in [0, 0.1) is 0 Å². The molecule has 0 aromatic heterocycles. The van der Waals surface area contributed by atoms with Crippen molar-refractivity contribution in [2.75, 3.05) is 20.3 Å². The van der Waals surface area contributed by atoms with E-state index in [0.29, 0.717) is 30.4 Å². The lowest BCUT2D eigenvalue weighted by atomic mass is 10.2. The lowest BCUT2D eigenvalue weighted by Crippen LogP contribution is -2.28. The maximum absolute atomic E-state index is 11.9. The predicted octanol–water partition coefficient (Wildman–Crippen LogP) is 3.94. The van der Waals surface area contributed by atoms with Gasteiger partial charge in [0.1, 0.15) is 5.75 Å². The molecule has 0 saturated carbocycles. The van der Waals surface area contributed by atoms with Crippen LogP contribution in [0.1, 0.15) is 18.9 Å². The van der Waals surface area contributed by atoms with Crippen molar-refractivity contribution in [2.24, 2.45) is 0 Å². The van der Waals surface area contributed by atoms with Gasteiger partial charge in [-0.05, 0) is 48.4 Å². The number of hydrogen-bond donors (Lipinski definition) is 1. The van der Waals surface area contributed by atoms with E-state index in [4.69, 9.17) is 14.2 Å². The lowest BCUT2D eigenvalue weighted by Gasteiger charge is -2.12. The van der Waals surface area contributed by atoms with E-state index < -0.39 is 0 Å². The molecule has 134 valence electrons. The quantitative estimate of drug-likeness (QED) is 0.683. The number of amides is 1. The summed E-state index contributed by atoms with van der Waals surface area (Å²) in [5, 5.41) is 2.82. The normalized spacial score (nSPS) is 10.2. The molecule has 0 aliphatic heterocycles. The van der Waals surface area contributed by atoms with Crippen molar-refractivity contribution in [3.63, 3.8) is 0 Å². The minimum absolute atomic E-state index is 0.0313. The number of nitrogens with one attached hydrogen (secondary N) is 1. The average Bonchev–Trinajstić information content (AvgIpc) is 2.64. The monoisotopic (exact) mass is 407 g/mol. The first-order chi connectivity index (χ1) is 12.1. The van der Waals surface area contributed by atoms with Crippen LogP contribution < -0.4 is 19.5 Å². The Hall–Kier alpha value is -2.21. The van der Waals surface area contributed by atoms with Crippen molar-refractivity contribution >= 4 is 21.8 Å². The molecule has 0 unspecified atom stereocenters. The maximum Gasteiger partial charge on any atom is 0.258 e. The molecule has 0 aliphatic carbocycles. The molecule has 0 radical (unpaired) electrons. The summed E-state index contributed by atoms with van der Waals surface area (Å²) in [6.07, 6.45) is 0.930. The minimum Gasteiger partial charge on any atom is -0.493 e. The highest BCUT2D eigenvalue weighted by Gasteiger charge is 2.07. The predicted molar refractivity (Wildman–Crippen MR) is 100 cm³/mol. The number of rotatable bonds is 9. The van der Waals surface area contributed by atoms with Gasteiger partial charge in [0.15, 0.2) is 18.1 Å². The molecular formula is C19H22BrNO4. The van der Waals surface area contributed by atoms with Crippen LogP contribution in [0.25, 0.3) is 0 Å². The molecule has 2 aromatic carbocycles. The summed E-state index contributed by atoms with van der Waals surface area (Å²) in [6.45, 7) is 3.05. The van der Waals surface area contributed by atoms with Gasteiger partial charge in [0.05, 0.1) is 13.7 Å². The Bertz CT molecular complexity index is 688. The van der Waals surface area contributed by atoms with E-state index in [2.05, 4.69) is 21.2 Å². The van der Waals surface area contributed by atoms with Crippen LogP contribution in [0.15, 0.2) is 46.9 Å². The summed E-state index contributed by atoms with van der Waals surface area (Å²) < 4.78 is 17.4. The van der Waals surface area contributed by atoms with Crippen LogP contribution >= 0.6 is 15.9 Å². The zero-order chi connectivity index (χ0) is 18.1. The van der Waals surface area contributed by atoms with Gasteiger partial charge >= 0.3 is 0 Å². The number of ether oxygens (including phenoxy) is 3. The molecule has 2 rings (SSSR count). The number of halogens is 1. The van der Waals surface area contributed by atoms with Gasteiger partial charge in [-0.25, -0.2) is 0 Å². The zero-order valence-corrected chi connectivity index (χ0v) is 16.0. The number of methoxy groups -OCH3 is 1. The first-order valence-electron chi connectivity index (χ1n) is 8.07. The van der Waals surface area contributed by atoms with E-state index in [0.717, 1.165) is 16.5 Å². The summed E-state index contributed by atoms with van der Waals surface area (Å²) in [5.41, 5.74) is 0.928. The van der Waals surface area contributed by atoms with Gasteiger partial charge in [0.2, 0.25) is 0 Å². The van der Waals surface area contributed by atoms with Crippen LogP contribution in [-0.2, 0) is 11.3 Å². The summed E-state index contributed by atoms with van der Waals surface area (Å²) in [4.78, 5) is 11.9. The fourth-order valence-electron chi connectivity index (χ4n) is 2.08. The standard InChI is InChI=1S/C19H22BrNO4/c1-3-10-24-17-9-4-14(11-18(17)23-2)12-21-19(22)13-25-16-7-5-15(20)6-8-16/h4-9,11H,3,10,12-13H2,1-2H3,(H,21,22). The van der Waals surface area contributed by atoms with Gasteiger partial charge in [-0.2, -0.15) is 0 Å². The van der Waals surface area contributed by atoms with Crippen LogP contribution in [0.3, 0.4) is 0 Å². The molecule has 2 aromatic rings. The first-order valence-corrected chi connectivity index (χ1v) is 8.86. The number of hydrogen-bond acceptors (Lipinski definition) is 4. The van der Waals surface area contributed by atoms with E-state index in [1.807, 2.05) is 37.3 Å². The van der Waals surface area contributed by atoms with Crippen molar-refractivity contribution < 1.29 is 19.0 Å². The third kappa shape index (κ3) is 6.31. The fraction of sp³-hybridized carbons (Fsp3) is 0.316. The van der Waals surface area contributed by atoms with Crippen molar-refractivity contribution in [2.45, 2.75) is 19.9 Å².